The molecule has 3 rings (SSSR count). The molecule has 1 aromatic rings. The van der Waals surface area contributed by atoms with Crippen molar-refractivity contribution in [1.82, 2.24) is 5.32 Å². The maximum absolute atomic E-state index is 12.2. The highest BCUT2D eigenvalue weighted by Crippen LogP contribution is 2.17. The van der Waals surface area contributed by atoms with Crippen molar-refractivity contribution >= 4 is 5.91 Å². The Morgan fingerprint density at radius 2 is 2.26 bits per heavy atom. The highest BCUT2D eigenvalue weighted by molar-refractivity contribution is 5.94. The molecule has 1 aromatic carbocycles. The van der Waals surface area contributed by atoms with Gasteiger partial charge in [0.1, 0.15) is 37.6 Å². The van der Waals surface area contributed by atoms with Gasteiger partial charge in [-0.1, -0.05) is 6.07 Å². The molecule has 2 aliphatic rings. The van der Waals surface area contributed by atoms with Crippen LogP contribution in [-0.4, -0.2) is 45.0 Å². The van der Waals surface area contributed by atoms with E-state index in [-0.39, 0.29) is 12.0 Å². The lowest BCUT2D eigenvalue weighted by atomic mass is 10.2. The predicted octanol–water partition coefficient (Wildman–Crippen LogP) is 1.86. The number of hydrogen-bond donors (Lipinski definition) is 1. The van der Waals surface area contributed by atoms with Gasteiger partial charge in [0.25, 0.3) is 5.91 Å². The van der Waals surface area contributed by atoms with Crippen molar-refractivity contribution < 1.29 is 23.7 Å². The van der Waals surface area contributed by atoms with Crippen LogP contribution in [0.2, 0.25) is 0 Å². The third kappa shape index (κ3) is 4.63. The molecule has 0 saturated carbocycles. The van der Waals surface area contributed by atoms with E-state index >= 15 is 0 Å². The fraction of sp³-hybridized carbons (Fsp3) is 0.471. The second kappa shape index (κ2) is 7.87. The lowest BCUT2D eigenvalue weighted by Crippen LogP contribution is -2.27. The molecule has 2 aliphatic heterocycles. The van der Waals surface area contributed by atoms with Gasteiger partial charge < -0.3 is 24.3 Å². The molecule has 1 saturated heterocycles. The molecule has 0 unspecified atom stereocenters. The highest BCUT2D eigenvalue weighted by Gasteiger charge is 2.16. The minimum atomic E-state index is -0.178. The first-order valence-corrected chi connectivity index (χ1v) is 7.87. The predicted molar refractivity (Wildman–Crippen MR) is 83.2 cm³/mol. The Bertz CT molecular complexity index is 566. The van der Waals surface area contributed by atoms with Crippen LogP contribution < -0.4 is 10.1 Å². The molecule has 0 aromatic heterocycles. The van der Waals surface area contributed by atoms with Gasteiger partial charge in [0, 0.05) is 12.2 Å². The number of rotatable bonds is 6. The molecule has 0 bridgehead atoms. The van der Waals surface area contributed by atoms with Crippen LogP contribution in [0, 0.1) is 0 Å². The quantitative estimate of drug-likeness (QED) is 0.867. The third-order valence-electron chi connectivity index (χ3n) is 3.68. The standard InChI is InChI=1S/C17H21NO5/c19-17(18-10-16-11-20-7-8-22-16)13-3-1-4-14(9-13)23-12-15-5-2-6-21-15/h1,3-4,9,11,15H,2,5-8,10,12H2,(H,18,19)/t15-/m1/s1. The fourth-order valence-corrected chi connectivity index (χ4v) is 2.46. The van der Waals surface area contributed by atoms with Crippen LogP contribution in [0.5, 0.6) is 5.75 Å². The molecule has 1 atom stereocenters. The second-order valence-electron chi connectivity index (χ2n) is 5.46. The van der Waals surface area contributed by atoms with Gasteiger partial charge in [-0.05, 0) is 31.0 Å². The zero-order valence-corrected chi connectivity index (χ0v) is 13.0. The third-order valence-corrected chi connectivity index (χ3v) is 3.68. The van der Waals surface area contributed by atoms with Gasteiger partial charge in [-0.15, -0.1) is 0 Å². The van der Waals surface area contributed by atoms with Crippen LogP contribution >= 0.6 is 0 Å². The summed E-state index contributed by atoms with van der Waals surface area (Å²) in [6.07, 6.45) is 3.79. The van der Waals surface area contributed by atoms with Gasteiger partial charge in [0.15, 0.2) is 0 Å². The topological polar surface area (TPSA) is 66.0 Å². The van der Waals surface area contributed by atoms with Crippen LogP contribution in [0.3, 0.4) is 0 Å². The van der Waals surface area contributed by atoms with E-state index in [1.165, 1.54) is 6.26 Å². The molecule has 23 heavy (non-hydrogen) atoms. The number of amides is 1. The average molecular weight is 319 g/mol. The minimum absolute atomic E-state index is 0.155. The molecule has 1 amide bonds. The van der Waals surface area contributed by atoms with Crippen molar-refractivity contribution in [3.05, 3.63) is 41.9 Å². The van der Waals surface area contributed by atoms with E-state index in [9.17, 15) is 4.79 Å². The van der Waals surface area contributed by atoms with Crippen molar-refractivity contribution in [2.75, 3.05) is 33.0 Å². The maximum Gasteiger partial charge on any atom is 0.251 e. The Kier molecular flexibility index (Phi) is 5.37. The Labute approximate surface area is 135 Å². The summed E-state index contributed by atoms with van der Waals surface area (Å²) in [6.45, 7) is 2.68. The van der Waals surface area contributed by atoms with E-state index in [4.69, 9.17) is 18.9 Å². The average Bonchev–Trinajstić information content (AvgIpc) is 3.12. The van der Waals surface area contributed by atoms with Gasteiger partial charge in [-0.3, -0.25) is 4.79 Å². The summed E-state index contributed by atoms with van der Waals surface area (Å²) in [6, 6.07) is 7.13. The molecule has 0 radical (unpaired) electrons. The van der Waals surface area contributed by atoms with Crippen LogP contribution in [0.15, 0.2) is 36.3 Å². The maximum atomic E-state index is 12.2. The molecule has 124 valence electrons. The SMILES string of the molecule is O=C(NCC1=COCCO1)c1cccc(OC[C@H]2CCCO2)c1. The first-order valence-electron chi connectivity index (χ1n) is 7.87. The van der Waals surface area contributed by atoms with E-state index in [2.05, 4.69) is 5.32 Å². The first-order chi connectivity index (χ1) is 11.3. The lowest BCUT2D eigenvalue weighted by Gasteiger charge is -2.16. The van der Waals surface area contributed by atoms with Gasteiger partial charge >= 0.3 is 0 Å². The number of hydrogen-bond acceptors (Lipinski definition) is 5. The van der Waals surface area contributed by atoms with Crippen LogP contribution in [0.25, 0.3) is 0 Å². The highest BCUT2D eigenvalue weighted by atomic mass is 16.6. The summed E-state index contributed by atoms with van der Waals surface area (Å²) in [4.78, 5) is 12.2. The normalized spacial score (nSPS) is 20.2. The molecule has 1 N–H and O–H groups in total. The zero-order valence-electron chi connectivity index (χ0n) is 13.0. The summed E-state index contributed by atoms with van der Waals surface area (Å²) in [5, 5.41) is 2.80. The molecule has 1 fully saturated rings. The number of carbonyl (C=O) groups is 1. The van der Waals surface area contributed by atoms with Crippen LogP contribution in [-0.2, 0) is 14.2 Å². The molecule has 6 nitrogen and oxygen atoms in total. The van der Waals surface area contributed by atoms with Crippen LogP contribution in [0.1, 0.15) is 23.2 Å². The Morgan fingerprint density at radius 1 is 1.30 bits per heavy atom. The molecule has 6 heteroatoms. The zero-order chi connectivity index (χ0) is 15.9. The van der Waals surface area contributed by atoms with Crippen molar-refractivity contribution in [2.45, 2.75) is 18.9 Å². The summed E-state index contributed by atoms with van der Waals surface area (Å²) in [7, 11) is 0. The Balaban J connectivity index is 1.51. The van der Waals surface area contributed by atoms with Gasteiger partial charge in [-0.25, -0.2) is 0 Å². The monoisotopic (exact) mass is 319 g/mol. The first kappa shape index (κ1) is 15.7. The van der Waals surface area contributed by atoms with E-state index in [1.807, 2.05) is 6.07 Å². The molecular formula is C17H21NO5. The van der Waals surface area contributed by atoms with Gasteiger partial charge in [-0.2, -0.15) is 0 Å². The summed E-state index contributed by atoms with van der Waals surface area (Å²) in [5.74, 6) is 1.11. The van der Waals surface area contributed by atoms with Crippen molar-refractivity contribution in [1.29, 1.82) is 0 Å². The number of benzene rings is 1. The van der Waals surface area contributed by atoms with E-state index in [0.717, 1.165) is 19.4 Å². The van der Waals surface area contributed by atoms with E-state index in [0.29, 0.717) is 43.4 Å². The summed E-state index contributed by atoms with van der Waals surface area (Å²) < 4.78 is 21.8. The van der Waals surface area contributed by atoms with Crippen LogP contribution in [0.4, 0.5) is 0 Å². The van der Waals surface area contributed by atoms with Crippen molar-refractivity contribution in [2.24, 2.45) is 0 Å². The molecule has 2 heterocycles. The Hall–Kier alpha value is -2.21. The molecule has 0 aliphatic carbocycles. The van der Waals surface area contributed by atoms with Gasteiger partial charge in [0.05, 0.1) is 12.6 Å². The summed E-state index contributed by atoms with van der Waals surface area (Å²) >= 11 is 0. The minimum Gasteiger partial charge on any atom is -0.494 e. The second-order valence-corrected chi connectivity index (χ2v) is 5.46. The van der Waals surface area contributed by atoms with E-state index < -0.39 is 0 Å². The fourth-order valence-electron chi connectivity index (χ4n) is 2.46. The molecule has 0 spiro atoms. The van der Waals surface area contributed by atoms with E-state index in [1.54, 1.807) is 18.2 Å². The Morgan fingerprint density at radius 3 is 3.04 bits per heavy atom. The largest absolute Gasteiger partial charge is 0.494 e. The smallest absolute Gasteiger partial charge is 0.251 e. The number of ether oxygens (including phenoxy) is 4. The van der Waals surface area contributed by atoms with Crippen molar-refractivity contribution in [3.8, 4) is 5.75 Å². The number of carbonyl (C=O) groups excluding carboxylic acids is 1. The lowest BCUT2D eigenvalue weighted by molar-refractivity contribution is 0.0679. The summed E-state index contributed by atoms with van der Waals surface area (Å²) in [5.41, 5.74) is 0.548. The van der Waals surface area contributed by atoms with Crippen molar-refractivity contribution in [3.63, 3.8) is 0 Å². The number of nitrogens with one attached hydrogen (secondary N) is 1. The molecular weight excluding hydrogens is 298 g/mol. The van der Waals surface area contributed by atoms with Gasteiger partial charge in [0.2, 0.25) is 0 Å².